The largest absolute Gasteiger partial charge is 0.480 e. The van der Waals surface area contributed by atoms with E-state index in [1.54, 1.807) is 24.4 Å². The number of rotatable bonds is 6. The summed E-state index contributed by atoms with van der Waals surface area (Å²) in [4.78, 5) is 28.5. The molecule has 2 aromatic rings. The number of hydrogen-bond acceptors (Lipinski definition) is 3. The molecule has 0 saturated heterocycles. The van der Waals surface area contributed by atoms with Crippen molar-refractivity contribution in [1.82, 2.24) is 9.88 Å². The number of aromatic nitrogens is 1. The van der Waals surface area contributed by atoms with Gasteiger partial charge in [0.1, 0.15) is 6.54 Å². The van der Waals surface area contributed by atoms with Crippen molar-refractivity contribution in [3.05, 3.63) is 72.1 Å². The fourth-order valence-corrected chi connectivity index (χ4v) is 1.92. The van der Waals surface area contributed by atoms with Crippen LogP contribution in [0.4, 0.5) is 0 Å². The van der Waals surface area contributed by atoms with Crippen molar-refractivity contribution in [3.8, 4) is 0 Å². The highest BCUT2D eigenvalue weighted by Gasteiger charge is 2.14. The minimum atomic E-state index is -1.05. The van der Waals surface area contributed by atoms with Crippen LogP contribution in [0.15, 0.2) is 60.8 Å². The van der Waals surface area contributed by atoms with E-state index in [0.717, 1.165) is 5.56 Å². The third-order valence-corrected chi connectivity index (χ3v) is 2.94. The minimum absolute atomic E-state index is 0.249. The van der Waals surface area contributed by atoms with E-state index >= 15 is 0 Å². The van der Waals surface area contributed by atoms with Gasteiger partial charge in [0.05, 0.1) is 5.69 Å². The highest BCUT2D eigenvalue weighted by atomic mass is 16.4. The average molecular weight is 296 g/mol. The number of nitrogens with zero attached hydrogens (tertiary/aromatic N) is 2. The van der Waals surface area contributed by atoms with Crippen LogP contribution in [0.2, 0.25) is 0 Å². The van der Waals surface area contributed by atoms with Crippen LogP contribution < -0.4 is 0 Å². The molecule has 0 aliphatic heterocycles. The summed E-state index contributed by atoms with van der Waals surface area (Å²) in [6.07, 6.45) is 4.54. The molecule has 0 aliphatic carbocycles. The summed E-state index contributed by atoms with van der Waals surface area (Å²) in [6.45, 7) is -0.0984. The van der Waals surface area contributed by atoms with Crippen molar-refractivity contribution in [2.75, 3.05) is 6.54 Å². The lowest BCUT2D eigenvalue weighted by atomic mass is 10.2. The predicted octanol–water partition coefficient (Wildman–Crippen LogP) is 2.21. The number of benzene rings is 1. The van der Waals surface area contributed by atoms with E-state index in [1.807, 2.05) is 36.4 Å². The van der Waals surface area contributed by atoms with E-state index in [9.17, 15) is 9.59 Å². The molecule has 0 saturated carbocycles. The quantitative estimate of drug-likeness (QED) is 0.830. The highest BCUT2D eigenvalue weighted by Crippen LogP contribution is 2.06. The van der Waals surface area contributed by atoms with Crippen LogP contribution in [-0.4, -0.2) is 33.4 Å². The van der Waals surface area contributed by atoms with Gasteiger partial charge in [-0.05, 0) is 23.8 Å². The van der Waals surface area contributed by atoms with Crippen LogP contribution in [0.3, 0.4) is 0 Å². The summed E-state index contributed by atoms with van der Waals surface area (Å²) in [5.74, 6) is -1.41. The Balaban J connectivity index is 2.09. The molecule has 112 valence electrons. The van der Waals surface area contributed by atoms with Gasteiger partial charge in [-0.1, -0.05) is 36.4 Å². The van der Waals surface area contributed by atoms with Gasteiger partial charge in [0.2, 0.25) is 5.91 Å². The van der Waals surface area contributed by atoms with Crippen LogP contribution in [-0.2, 0) is 16.1 Å². The van der Waals surface area contributed by atoms with Crippen molar-refractivity contribution in [3.63, 3.8) is 0 Å². The van der Waals surface area contributed by atoms with Crippen molar-refractivity contribution < 1.29 is 14.7 Å². The summed E-state index contributed by atoms with van der Waals surface area (Å²) in [5, 5.41) is 8.97. The van der Waals surface area contributed by atoms with Gasteiger partial charge in [0, 0.05) is 18.8 Å². The normalized spacial score (nSPS) is 10.5. The second-order valence-corrected chi connectivity index (χ2v) is 4.66. The van der Waals surface area contributed by atoms with Gasteiger partial charge in [-0.25, -0.2) is 0 Å². The zero-order chi connectivity index (χ0) is 15.8. The third kappa shape index (κ3) is 4.86. The molecule has 0 bridgehead atoms. The van der Waals surface area contributed by atoms with E-state index in [0.29, 0.717) is 5.69 Å². The number of hydrogen-bond donors (Lipinski definition) is 1. The first-order valence-electron chi connectivity index (χ1n) is 6.79. The Morgan fingerprint density at radius 3 is 2.45 bits per heavy atom. The predicted molar refractivity (Wildman–Crippen MR) is 82.8 cm³/mol. The molecule has 1 heterocycles. The van der Waals surface area contributed by atoms with Crippen molar-refractivity contribution in [1.29, 1.82) is 0 Å². The van der Waals surface area contributed by atoms with Gasteiger partial charge < -0.3 is 10.0 Å². The maximum Gasteiger partial charge on any atom is 0.323 e. The van der Waals surface area contributed by atoms with Crippen LogP contribution in [0.5, 0.6) is 0 Å². The van der Waals surface area contributed by atoms with Gasteiger partial charge in [-0.3, -0.25) is 14.6 Å². The molecule has 1 aromatic heterocycles. The maximum atomic E-state index is 12.2. The van der Waals surface area contributed by atoms with E-state index in [1.165, 1.54) is 11.0 Å². The van der Waals surface area contributed by atoms with Gasteiger partial charge in [0.15, 0.2) is 0 Å². The van der Waals surface area contributed by atoms with E-state index in [4.69, 9.17) is 5.11 Å². The molecule has 0 aliphatic rings. The van der Waals surface area contributed by atoms with Crippen molar-refractivity contribution >= 4 is 18.0 Å². The maximum absolute atomic E-state index is 12.2. The van der Waals surface area contributed by atoms with Crippen molar-refractivity contribution in [2.45, 2.75) is 6.54 Å². The standard InChI is InChI=1S/C17H16N2O3/c20-16(10-9-15-8-4-5-11-18-15)19(13-17(21)22)12-14-6-2-1-3-7-14/h1-11H,12-13H2,(H,21,22)/b10-9+. The zero-order valence-electron chi connectivity index (χ0n) is 11.9. The SMILES string of the molecule is O=C(O)CN(Cc1ccccc1)C(=O)/C=C/c1ccccn1. The molecular formula is C17H16N2O3. The van der Waals surface area contributed by atoms with Gasteiger partial charge >= 0.3 is 5.97 Å². The number of amides is 1. The number of carbonyl (C=O) groups is 2. The van der Waals surface area contributed by atoms with E-state index in [-0.39, 0.29) is 19.0 Å². The molecule has 22 heavy (non-hydrogen) atoms. The average Bonchev–Trinajstić information content (AvgIpc) is 2.53. The molecule has 5 nitrogen and oxygen atoms in total. The van der Waals surface area contributed by atoms with E-state index in [2.05, 4.69) is 4.98 Å². The molecule has 5 heteroatoms. The highest BCUT2D eigenvalue weighted by molar-refractivity contribution is 5.93. The topological polar surface area (TPSA) is 70.5 Å². The lowest BCUT2D eigenvalue weighted by Gasteiger charge is -2.19. The summed E-state index contributed by atoms with van der Waals surface area (Å²) in [6, 6.07) is 14.6. The Hall–Kier alpha value is -2.95. The smallest absolute Gasteiger partial charge is 0.323 e. The zero-order valence-corrected chi connectivity index (χ0v) is 11.9. The Labute approximate surface area is 128 Å². The summed E-state index contributed by atoms with van der Waals surface area (Å²) >= 11 is 0. The van der Waals surface area contributed by atoms with Gasteiger partial charge in [-0.2, -0.15) is 0 Å². The first-order chi connectivity index (χ1) is 10.6. The fourth-order valence-electron chi connectivity index (χ4n) is 1.92. The molecule has 2 rings (SSSR count). The summed E-state index contributed by atoms with van der Waals surface area (Å²) < 4.78 is 0. The summed E-state index contributed by atoms with van der Waals surface area (Å²) in [7, 11) is 0. The second kappa shape index (κ2) is 7.73. The van der Waals surface area contributed by atoms with Crippen LogP contribution in [0.1, 0.15) is 11.3 Å². The first-order valence-corrected chi connectivity index (χ1v) is 6.79. The third-order valence-electron chi connectivity index (χ3n) is 2.94. The van der Waals surface area contributed by atoms with Gasteiger partial charge in [-0.15, -0.1) is 0 Å². The molecule has 0 fully saturated rings. The lowest BCUT2D eigenvalue weighted by Crippen LogP contribution is -2.33. The van der Waals surface area contributed by atoms with Gasteiger partial charge in [0.25, 0.3) is 0 Å². The van der Waals surface area contributed by atoms with E-state index < -0.39 is 5.97 Å². The lowest BCUT2D eigenvalue weighted by molar-refractivity contribution is -0.143. The number of pyridine rings is 1. The first kappa shape index (κ1) is 15.4. The molecule has 0 unspecified atom stereocenters. The molecule has 1 N–H and O–H groups in total. The monoisotopic (exact) mass is 296 g/mol. The Morgan fingerprint density at radius 1 is 1.09 bits per heavy atom. The number of carboxylic acids is 1. The number of carbonyl (C=O) groups excluding carboxylic acids is 1. The minimum Gasteiger partial charge on any atom is -0.480 e. The van der Waals surface area contributed by atoms with Crippen molar-refractivity contribution in [2.24, 2.45) is 0 Å². The van der Waals surface area contributed by atoms with Crippen LogP contribution in [0, 0.1) is 0 Å². The summed E-state index contributed by atoms with van der Waals surface area (Å²) in [5.41, 5.74) is 1.52. The molecule has 1 amide bonds. The Morgan fingerprint density at radius 2 is 1.82 bits per heavy atom. The fraction of sp³-hybridized carbons (Fsp3) is 0.118. The Bertz CT molecular complexity index is 654. The molecule has 0 radical (unpaired) electrons. The molecule has 0 atom stereocenters. The second-order valence-electron chi connectivity index (χ2n) is 4.66. The van der Waals surface area contributed by atoms with Crippen LogP contribution >= 0.6 is 0 Å². The molecular weight excluding hydrogens is 280 g/mol. The molecule has 0 spiro atoms. The molecule has 1 aromatic carbocycles. The Kier molecular flexibility index (Phi) is 5.43. The number of carboxylic acid groups (broad SMARTS) is 1. The number of aliphatic carboxylic acids is 1. The van der Waals surface area contributed by atoms with Crippen LogP contribution in [0.25, 0.3) is 6.08 Å².